The van der Waals surface area contributed by atoms with Crippen molar-refractivity contribution in [2.24, 2.45) is 0 Å². The first-order valence-electron chi connectivity index (χ1n) is 6.58. The molecule has 1 heterocycles. The SMILES string of the molecule is COc1ccccc1C(=O)Oc1ccc(-n2cncn2)cc1. The summed E-state index contributed by atoms with van der Waals surface area (Å²) in [5.74, 6) is 0.456. The third-order valence-corrected chi connectivity index (χ3v) is 3.06. The number of benzene rings is 2. The van der Waals surface area contributed by atoms with Crippen LogP contribution in [-0.4, -0.2) is 27.8 Å². The molecule has 1 aromatic heterocycles. The zero-order valence-corrected chi connectivity index (χ0v) is 11.8. The summed E-state index contributed by atoms with van der Waals surface area (Å²) in [5.41, 5.74) is 1.21. The third kappa shape index (κ3) is 2.80. The molecule has 0 atom stereocenters. The maximum atomic E-state index is 12.2. The van der Waals surface area contributed by atoms with Gasteiger partial charge in [0.15, 0.2) is 0 Å². The standard InChI is InChI=1S/C16H13N3O3/c1-21-15-5-3-2-4-14(15)16(20)22-13-8-6-12(7-9-13)19-11-17-10-18-19/h2-11H,1H3. The van der Waals surface area contributed by atoms with Crippen molar-refractivity contribution < 1.29 is 14.3 Å². The van der Waals surface area contributed by atoms with E-state index in [1.54, 1.807) is 59.5 Å². The summed E-state index contributed by atoms with van der Waals surface area (Å²) in [4.78, 5) is 16.1. The number of nitrogens with zero attached hydrogens (tertiary/aromatic N) is 3. The number of carbonyl (C=O) groups is 1. The van der Waals surface area contributed by atoms with Gasteiger partial charge in [0.25, 0.3) is 0 Å². The second kappa shape index (κ2) is 6.09. The summed E-state index contributed by atoms with van der Waals surface area (Å²) >= 11 is 0. The van der Waals surface area contributed by atoms with Gasteiger partial charge < -0.3 is 9.47 Å². The van der Waals surface area contributed by atoms with Gasteiger partial charge in [-0.05, 0) is 36.4 Å². The second-order valence-corrected chi connectivity index (χ2v) is 4.42. The Morgan fingerprint density at radius 2 is 1.86 bits per heavy atom. The highest BCUT2D eigenvalue weighted by atomic mass is 16.5. The van der Waals surface area contributed by atoms with Crippen LogP contribution in [0.15, 0.2) is 61.2 Å². The molecule has 0 saturated carbocycles. The number of ether oxygens (including phenoxy) is 2. The normalized spacial score (nSPS) is 10.2. The molecule has 0 radical (unpaired) electrons. The van der Waals surface area contributed by atoms with Crippen molar-refractivity contribution in [1.29, 1.82) is 0 Å². The summed E-state index contributed by atoms with van der Waals surface area (Å²) < 4.78 is 12.1. The molecule has 6 heteroatoms. The molecule has 0 aliphatic carbocycles. The van der Waals surface area contributed by atoms with Gasteiger partial charge in [0.2, 0.25) is 0 Å². The largest absolute Gasteiger partial charge is 0.496 e. The first-order valence-corrected chi connectivity index (χ1v) is 6.58. The molecule has 0 aliphatic heterocycles. The van der Waals surface area contributed by atoms with Gasteiger partial charge in [-0.2, -0.15) is 5.10 Å². The highest BCUT2D eigenvalue weighted by Crippen LogP contribution is 2.21. The predicted octanol–water partition coefficient (Wildman–Crippen LogP) is 2.50. The van der Waals surface area contributed by atoms with Crippen LogP contribution >= 0.6 is 0 Å². The summed E-state index contributed by atoms with van der Waals surface area (Å²) in [6, 6.07) is 13.9. The highest BCUT2D eigenvalue weighted by Gasteiger charge is 2.13. The minimum atomic E-state index is -0.467. The van der Waals surface area contributed by atoms with Gasteiger partial charge in [0.1, 0.15) is 29.7 Å². The lowest BCUT2D eigenvalue weighted by atomic mass is 10.2. The van der Waals surface area contributed by atoms with Crippen LogP contribution < -0.4 is 9.47 Å². The van der Waals surface area contributed by atoms with Crippen molar-refractivity contribution in [3.05, 3.63) is 66.7 Å². The lowest BCUT2D eigenvalue weighted by molar-refractivity contribution is 0.0731. The number of carbonyl (C=O) groups excluding carboxylic acids is 1. The number of methoxy groups -OCH3 is 1. The number of para-hydroxylation sites is 1. The van der Waals surface area contributed by atoms with E-state index >= 15 is 0 Å². The molecule has 3 rings (SSSR count). The molecular formula is C16H13N3O3. The fourth-order valence-corrected chi connectivity index (χ4v) is 1.98. The highest BCUT2D eigenvalue weighted by molar-refractivity contribution is 5.93. The van der Waals surface area contributed by atoms with Crippen LogP contribution in [0.3, 0.4) is 0 Å². The Labute approximate surface area is 126 Å². The quantitative estimate of drug-likeness (QED) is 0.546. The molecule has 0 N–H and O–H groups in total. The van der Waals surface area contributed by atoms with Crippen LogP contribution in [0.5, 0.6) is 11.5 Å². The van der Waals surface area contributed by atoms with Crippen molar-refractivity contribution >= 4 is 5.97 Å². The average molecular weight is 295 g/mol. The van der Waals surface area contributed by atoms with Crippen molar-refractivity contribution in [1.82, 2.24) is 14.8 Å². The minimum absolute atomic E-state index is 0.380. The average Bonchev–Trinajstić information content (AvgIpc) is 3.10. The van der Waals surface area contributed by atoms with Gasteiger partial charge in [-0.25, -0.2) is 14.5 Å². The maximum Gasteiger partial charge on any atom is 0.347 e. The number of rotatable bonds is 4. The number of hydrogen-bond acceptors (Lipinski definition) is 5. The zero-order chi connectivity index (χ0) is 15.4. The summed E-state index contributed by atoms with van der Waals surface area (Å²) in [7, 11) is 1.51. The topological polar surface area (TPSA) is 66.2 Å². The molecule has 0 spiro atoms. The fraction of sp³-hybridized carbons (Fsp3) is 0.0625. The first kappa shape index (κ1) is 13.8. The van der Waals surface area contributed by atoms with Gasteiger partial charge in [-0.1, -0.05) is 12.1 Å². The molecular weight excluding hydrogens is 282 g/mol. The lowest BCUT2D eigenvalue weighted by Crippen LogP contribution is -2.10. The first-order chi connectivity index (χ1) is 10.8. The Balaban J connectivity index is 1.77. The molecule has 6 nitrogen and oxygen atoms in total. The molecule has 3 aromatic rings. The van der Waals surface area contributed by atoms with Gasteiger partial charge in [-0.15, -0.1) is 0 Å². The van der Waals surface area contributed by atoms with Crippen molar-refractivity contribution in [2.45, 2.75) is 0 Å². The van der Waals surface area contributed by atoms with Crippen LogP contribution in [0.25, 0.3) is 5.69 Å². The second-order valence-electron chi connectivity index (χ2n) is 4.42. The molecule has 0 bridgehead atoms. The molecule has 0 unspecified atom stereocenters. The van der Waals surface area contributed by atoms with E-state index in [2.05, 4.69) is 10.1 Å². The molecule has 110 valence electrons. The van der Waals surface area contributed by atoms with Crippen LogP contribution in [0.4, 0.5) is 0 Å². The lowest BCUT2D eigenvalue weighted by Gasteiger charge is -2.08. The minimum Gasteiger partial charge on any atom is -0.496 e. The van der Waals surface area contributed by atoms with E-state index < -0.39 is 5.97 Å². The predicted molar refractivity (Wildman–Crippen MR) is 79.3 cm³/mol. The van der Waals surface area contributed by atoms with Crippen molar-refractivity contribution in [3.8, 4) is 17.2 Å². The van der Waals surface area contributed by atoms with E-state index in [9.17, 15) is 4.79 Å². The molecule has 2 aromatic carbocycles. The Morgan fingerprint density at radius 1 is 1.09 bits per heavy atom. The molecule has 0 amide bonds. The zero-order valence-electron chi connectivity index (χ0n) is 11.8. The van der Waals surface area contributed by atoms with Gasteiger partial charge >= 0.3 is 5.97 Å². The van der Waals surface area contributed by atoms with E-state index in [-0.39, 0.29) is 0 Å². The summed E-state index contributed by atoms with van der Waals surface area (Å²) in [6.07, 6.45) is 3.05. The Bertz CT molecular complexity index is 768. The maximum absolute atomic E-state index is 12.2. The van der Waals surface area contributed by atoms with Crippen LogP contribution in [0.2, 0.25) is 0 Å². The molecule has 22 heavy (non-hydrogen) atoms. The van der Waals surface area contributed by atoms with Gasteiger partial charge in [-0.3, -0.25) is 0 Å². The fourth-order valence-electron chi connectivity index (χ4n) is 1.98. The molecule has 0 fully saturated rings. The number of esters is 1. The Morgan fingerprint density at radius 3 is 2.55 bits per heavy atom. The Kier molecular flexibility index (Phi) is 3.82. The van der Waals surface area contributed by atoms with E-state index in [1.807, 2.05) is 0 Å². The monoisotopic (exact) mass is 295 g/mol. The summed E-state index contributed by atoms with van der Waals surface area (Å²) in [6.45, 7) is 0. The van der Waals surface area contributed by atoms with Crippen molar-refractivity contribution in [3.63, 3.8) is 0 Å². The van der Waals surface area contributed by atoms with E-state index in [1.165, 1.54) is 13.4 Å². The molecule has 0 saturated heterocycles. The van der Waals surface area contributed by atoms with Gasteiger partial charge in [0.05, 0.1) is 12.8 Å². The van der Waals surface area contributed by atoms with E-state index in [0.717, 1.165) is 5.69 Å². The van der Waals surface area contributed by atoms with Crippen molar-refractivity contribution in [2.75, 3.05) is 7.11 Å². The van der Waals surface area contributed by atoms with Crippen LogP contribution in [0.1, 0.15) is 10.4 Å². The molecule has 0 aliphatic rings. The Hall–Kier alpha value is -3.15. The van der Waals surface area contributed by atoms with E-state index in [0.29, 0.717) is 17.1 Å². The van der Waals surface area contributed by atoms with E-state index in [4.69, 9.17) is 9.47 Å². The smallest absolute Gasteiger partial charge is 0.347 e. The van der Waals surface area contributed by atoms with Crippen LogP contribution in [0, 0.1) is 0 Å². The van der Waals surface area contributed by atoms with Crippen LogP contribution in [-0.2, 0) is 0 Å². The third-order valence-electron chi connectivity index (χ3n) is 3.06. The summed E-state index contributed by atoms with van der Waals surface area (Å²) in [5, 5.41) is 4.03. The number of hydrogen-bond donors (Lipinski definition) is 0. The van der Waals surface area contributed by atoms with Gasteiger partial charge in [0, 0.05) is 0 Å². The number of aromatic nitrogens is 3.